The van der Waals surface area contributed by atoms with E-state index >= 15 is 0 Å². The summed E-state index contributed by atoms with van der Waals surface area (Å²) in [5.41, 5.74) is 2.41. The number of aromatic nitrogens is 4. The minimum absolute atomic E-state index is 0.259. The fraction of sp³-hybridized carbons (Fsp3) is 0.188. The molecule has 7 heteroatoms. The Hall–Kier alpha value is -2.51. The van der Waals surface area contributed by atoms with E-state index in [1.807, 2.05) is 23.6 Å². The smallest absolute Gasteiger partial charge is 0.206 e. The molecule has 2 aromatic heterocycles. The first-order valence-electron chi connectivity index (χ1n) is 7.05. The third-order valence-corrected chi connectivity index (χ3v) is 4.31. The van der Waals surface area contributed by atoms with E-state index in [0.717, 1.165) is 17.0 Å². The highest BCUT2D eigenvalue weighted by atomic mass is 32.1. The van der Waals surface area contributed by atoms with Crippen molar-refractivity contribution in [3.05, 3.63) is 63.6 Å². The minimum atomic E-state index is -0.871. The molecule has 1 atom stereocenters. The largest absolute Gasteiger partial charge is 0.497 e. The summed E-state index contributed by atoms with van der Waals surface area (Å²) in [6.07, 6.45) is 3.51. The molecule has 0 aliphatic carbocycles. The number of hydrogen-bond donors (Lipinski definition) is 2. The molecule has 6 nitrogen and oxygen atoms in total. The summed E-state index contributed by atoms with van der Waals surface area (Å²) >= 11 is 1.63. The van der Waals surface area contributed by atoms with Gasteiger partial charge in [-0.15, -0.1) is 21.5 Å². The Morgan fingerprint density at radius 2 is 2.13 bits per heavy atom. The molecule has 0 radical (unpaired) electrons. The van der Waals surface area contributed by atoms with Gasteiger partial charge in [-0.3, -0.25) is 0 Å². The van der Waals surface area contributed by atoms with Crippen molar-refractivity contribution in [2.45, 2.75) is 12.5 Å². The molecule has 0 saturated heterocycles. The van der Waals surface area contributed by atoms with E-state index in [-0.39, 0.29) is 5.82 Å². The predicted molar refractivity (Wildman–Crippen MR) is 88.3 cm³/mol. The fourth-order valence-electron chi connectivity index (χ4n) is 2.16. The third kappa shape index (κ3) is 3.82. The number of thiophene rings is 1. The number of methoxy groups -OCH3 is 1. The minimum Gasteiger partial charge on any atom is -0.497 e. The van der Waals surface area contributed by atoms with E-state index in [9.17, 15) is 5.11 Å². The molecular weight excluding hydrogens is 312 g/mol. The number of rotatable bonds is 6. The lowest BCUT2D eigenvalue weighted by Gasteiger charge is -2.04. The Labute approximate surface area is 137 Å². The highest BCUT2D eigenvalue weighted by Gasteiger charge is 2.09. The molecule has 0 fully saturated rings. The molecule has 3 aromatic rings. The monoisotopic (exact) mass is 328 g/mol. The van der Waals surface area contributed by atoms with Crippen LogP contribution < -0.4 is 4.74 Å². The molecular formula is C16H16N4O2S. The molecule has 2 N–H and O–H groups in total. The normalized spacial score (nSPS) is 12.6. The van der Waals surface area contributed by atoms with Gasteiger partial charge >= 0.3 is 0 Å². The SMILES string of the molecule is COc1ccc(Cc2ccsc2C=CC(O)c2nn[nH]n2)cc1. The number of ether oxygens (including phenoxy) is 1. The molecule has 0 saturated carbocycles. The first-order valence-corrected chi connectivity index (χ1v) is 7.93. The van der Waals surface area contributed by atoms with Crippen LogP contribution in [0.2, 0.25) is 0 Å². The second-order valence-corrected chi connectivity index (χ2v) is 5.86. The van der Waals surface area contributed by atoms with Crippen LogP contribution in [0, 0.1) is 0 Å². The van der Waals surface area contributed by atoms with Crippen LogP contribution in [0.3, 0.4) is 0 Å². The number of nitrogens with zero attached hydrogens (tertiary/aromatic N) is 3. The first-order chi connectivity index (χ1) is 11.3. The highest BCUT2D eigenvalue weighted by Crippen LogP contribution is 2.24. The van der Waals surface area contributed by atoms with E-state index in [1.54, 1.807) is 24.5 Å². The van der Waals surface area contributed by atoms with Crippen LogP contribution in [0.15, 0.2) is 41.8 Å². The van der Waals surface area contributed by atoms with Crippen molar-refractivity contribution in [3.63, 3.8) is 0 Å². The standard InChI is InChI=1S/C16H16N4O2S/c1-22-13-4-2-11(3-5-13)10-12-8-9-23-15(12)7-6-14(21)16-17-19-20-18-16/h2-9,14,21H,10H2,1H3,(H,17,18,19,20). The Kier molecular flexibility index (Phi) is 4.80. The molecule has 118 valence electrons. The molecule has 23 heavy (non-hydrogen) atoms. The van der Waals surface area contributed by atoms with Crippen molar-refractivity contribution in [3.8, 4) is 5.75 Å². The maximum Gasteiger partial charge on any atom is 0.206 e. The predicted octanol–water partition coefficient (Wildman–Crippen LogP) is 2.61. The maximum atomic E-state index is 9.97. The number of hydrogen-bond acceptors (Lipinski definition) is 6. The number of tetrazole rings is 1. The van der Waals surface area contributed by atoms with Crippen molar-refractivity contribution in [2.24, 2.45) is 0 Å². The van der Waals surface area contributed by atoms with Gasteiger partial charge in [-0.05, 0) is 53.3 Å². The van der Waals surface area contributed by atoms with E-state index < -0.39 is 6.10 Å². The van der Waals surface area contributed by atoms with Gasteiger partial charge in [0.2, 0.25) is 5.82 Å². The van der Waals surface area contributed by atoms with E-state index in [2.05, 4.69) is 38.8 Å². The second-order valence-electron chi connectivity index (χ2n) is 4.91. The summed E-state index contributed by atoms with van der Waals surface area (Å²) < 4.78 is 5.17. The first kappa shape index (κ1) is 15.4. The Morgan fingerprint density at radius 3 is 2.83 bits per heavy atom. The zero-order valence-electron chi connectivity index (χ0n) is 12.5. The summed E-state index contributed by atoms with van der Waals surface area (Å²) in [7, 11) is 1.66. The molecule has 0 aliphatic rings. The van der Waals surface area contributed by atoms with Gasteiger partial charge in [0.25, 0.3) is 0 Å². The molecule has 1 aromatic carbocycles. The zero-order valence-corrected chi connectivity index (χ0v) is 13.3. The molecule has 3 rings (SSSR count). The Bertz CT molecular complexity index is 766. The summed E-state index contributed by atoms with van der Waals surface area (Å²) in [4.78, 5) is 1.10. The number of nitrogens with one attached hydrogen (secondary N) is 1. The summed E-state index contributed by atoms with van der Waals surface area (Å²) in [6.45, 7) is 0. The van der Waals surface area contributed by atoms with Crippen LogP contribution in [0.1, 0.15) is 27.9 Å². The van der Waals surface area contributed by atoms with Gasteiger partial charge in [0.05, 0.1) is 7.11 Å². The molecule has 0 aliphatic heterocycles. The Morgan fingerprint density at radius 1 is 1.30 bits per heavy atom. The van der Waals surface area contributed by atoms with Crippen LogP contribution in [0.5, 0.6) is 5.75 Å². The quantitative estimate of drug-likeness (QED) is 0.726. The average molecular weight is 328 g/mol. The number of aliphatic hydroxyl groups is 1. The van der Waals surface area contributed by atoms with Gasteiger partial charge in [0.15, 0.2) is 0 Å². The summed E-state index contributed by atoms with van der Waals surface area (Å²) in [5.74, 6) is 1.11. The number of aromatic amines is 1. The number of aliphatic hydroxyl groups excluding tert-OH is 1. The lowest BCUT2D eigenvalue weighted by molar-refractivity contribution is 0.219. The third-order valence-electron chi connectivity index (χ3n) is 3.39. The summed E-state index contributed by atoms with van der Waals surface area (Å²) in [5, 5.41) is 25.3. The topological polar surface area (TPSA) is 83.9 Å². The van der Waals surface area contributed by atoms with Crippen LogP contribution in [-0.4, -0.2) is 32.8 Å². The molecule has 1 unspecified atom stereocenters. The van der Waals surface area contributed by atoms with Crippen LogP contribution in [0.4, 0.5) is 0 Å². The number of benzene rings is 1. The van der Waals surface area contributed by atoms with Crippen molar-refractivity contribution in [1.82, 2.24) is 20.6 Å². The average Bonchev–Trinajstić information content (AvgIpc) is 3.25. The Balaban J connectivity index is 1.71. The fourth-order valence-corrected chi connectivity index (χ4v) is 2.99. The van der Waals surface area contributed by atoms with Gasteiger partial charge in [-0.1, -0.05) is 17.3 Å². The van der Waals surface area contributed by atoms with Crippen molar-refractivity contribution in [1.29, 1.82) is 0 Å². The van der Waals surface area contributed by atoms with Crippen molar-refractivity contribution >= 4 is 17.4 Å². The van der Waals surface area contributed by atoms with Gasteiger partial charge in [-0.25, -0.2) is 0 Å². The second kappa shape index (κ2) is 7.17. The van der Waals surface area contributed by atoms with Crippen molar-refractivity contribution in [2.75, 3.05) is 7.11 Å². The number of H-pyrrole nitrogens is 1. The van der Waals surface area contributed by atoms with E-state index in [0.29, 0.717) is 0 Å². The van der Waals surface area contributed by atoms with Crippen molar-refractivity contribution < 1.29 is 9.84 Å². The maximum absolute atomic E-state index is 9.97. The summed E-state index contributed by atoms with van der Waals surface area (Å²) in [6, 6.07) is 10.1. The van der Waals surface area contributed by atoms with Gasteiger partial charge in [0.1, 0.15) is 11.9 Å². The van der Waals surface area contributed by atoms with E-state index in [1.165, 1.54) is 11.1 Å². The van der Waals surface area contributed by atoms with Crippen LogP contribution in [0.25, 0.3) is 6.08 Å². The van der Waals surface area contributed by atoms with Crippen LogP contribution in [-0.2, 0) is 6.42 Å². The molecule has 2 heterocycles. The lowest BCUT2D eigenvalue weighted by atomic mass is 10.1. The van der Waals surface area contributed by atoms with E-state index in [4.69, 9.17) is 4.74 Å². The highest BCUT2D eigenvalue weighted by molar-refractivity contribution is 7.11. The van der Waals surface area contributed by atoms with Crippen LogP contribution >= 0.6 is 11.3 Å². The molecule has 0 spiro atoms. The van der Waals surface area contributed by atoms with Gasteiger partial charge < -0.3 is 9.84 Å². The zero-order chi connectivity index (χ0) is 16.1. The van der Waals surface area contributed by atoms with Gasteiger partial charge in [-0.2, -0.15) is 5.21 Å². The lowest BCUT2D eigenvalue weighted by Crippen LogP contribution is -1.96. The van der Waals surface area contributed by atoms with Gasteiger partial charge in [0, 0.05) is 4.88 Å². The molecule has 0 amide bonds. The molecule has 0 bridgehead atoms.